The van der Waals surface area contributed by atoms with Crippen LogP contribution in [0, 0.1) is 0 Å². The molecule has 2 aromatic rings. The van der Waals surface area contributed by atoms with E-state index in [4.69, 9.17) is 21.1 Å². The van der Waals surface area contributed by atoms with Crippen LogP contribution in [0.2, 0.25) is 30.8 Å². The third-order valence-corrected chi connectivity index (χ3v) is 5.48. The molecule has 0 aromatic carbocycles. The number of fused-ring (bicyclic) bond motifs is 1. The van der Waals surface area contributed by atoms with Crippen LogP contribution in [0.1, 0.15) is 17.3 Å². The minimum atomic E-state index is -1.12. The predicted octanol–water partition coefficient (Wildman–Crippen LogP) is 4.18. The number of carbonyl (C=O) groups excluding carboxylic acids is 1. The van der Waals surface area contributed by atoms with E-state index in [9.17, 15) is 4.79 Å². The summed E-state index contributed by atoms with van der Waals surface area (Å²) < 4.78 is 12.6. The normalized spacial score (nSPS) is 11.9. The van der Waals surface area contributed by atoms with Crippen molar-refractivity contribution in [1.29, 1.82) is 0 Å². The van der Waals surface area contributed by atoms with Crippen LogP contribution in [0.4, 0.5) is 0 Å². The molecule has 0 unspecified atom stereocenters. The van der Waals surface area contributed by atoms with Gasteiger partial charge < -0.3 is 9.47 Å². The highest BCUT2D eigenvalue weighted by atomic mass is 35.5. The Morgan fingerprint density at radius 3 is 2.78 bits per heavy atom. The Kier molecular flexibility index (Phi) is 5.83. The Bertz CT molecular complexity index is 694. The van der Waals surface area contributed by atoms with Crippen molar-refractivity contribution in [3.8, 4) is 0 Å². The highest BCUT2D eigenvalue weighted by Crippen LogP contribution is 2.25. The zero-order chi connectivity index (χ0) is 17.0. The summed E-state index contributed by atoms with van der Waals surface area (Å²) >= 11 is 6.29. The quantitative estimate of drug-likeness (QED) is 0.425. The van der Waals surface area contributed by atoms with Crippen molar-refractivity contribution in [3.63, 3.8) is 0 Å². The van der Waals surface area contributed by atoms with Crippen molar-refractivity contribution >= 4 is 36.7 Å². The Balaban J connectivity index is 2.20. The summed E-state index contributed by atoms with van der Waals surface area (Å²) in [4.78, 5) is 16.4. The zero-order valence-corrected chi connectivity index (χ0v) is 15.8. The van der Waals surface area contributed by atoms with E-state index >= 15 is 0 Å². The van der Waals surface area contributed by atoms with Gasteiger partial charge in [-0.1, -0.05) is 31.2 Å². The van der Waals surface area contributed by atoms with Crippen LogP contribution in [0.25, 0.3) is 11.0 Å². The maximum atomic E-state index is 12.0. The van der Waals surface area contributed by atoms with Gasteiger partial charge in [0.25, 0.3) is 0 Å². The van der Waals surface area contributed by atoms with E-state index in [1.807, 2.05) is 0 Å². The van der Waals surface area contributed by atoms with Crippen LogP contribution >= 0.6 is 11.6 Å². The first kappa shape index (κ1) is 18.0. The van der Waals surface area contributed by atoms with Crippen LogP contribution in [-0.4, -0.2) is 36.8 Å². The van der Waals surface area contributed by atoms with Crippen molar-refractivity contribution in [2.75, 3.05) is 13.2 Å². The van der Waals surface area contributed by atoms with E-state index in [0.29, 0.717) is 41.7 Å². The molecular formula is C16H23ClN2O3Si. The number of hydrogen-bond acceptors (Lipinski definition) is 4. The summed E-state index contributed by atoms with van der Waals surface area (Å²) in [5, 5.41) is 1.18. The Labute approximate surface area is 142 Å². The average molecular weight is 355 g/mol. The van der Waals surface area contributed by atoms with E-state index in [1.54, 1.807) is 29.8 Å². The van der Waals surface area contributed by atoms with Crippen molar-refractivity contribution < 1.29 is 14.3 Å². The molecule has 0 aliphatic rings. The third-order valence-electron chi connectivity index (χ3n) is 3.46. The molecule has 2 rings (SSSR count). The molecular weight excluding hydrogens is 332 g/mol. The van der Waals surface area contributed by atoms with Gasteiger partial charge >= 0.3 is 5.97 Å². The van der Waals surface area contributed by atoms with E-state index in [2.05, 4.69) is 24.6 Å². The fraction of sp³-hybridized carbons (Fsp3) is 0.500. The molecule has 0 amide bonds. The van der Waals surface area contributed by atoms with Gasteiger partial charge in [0.2, 0.25) is 0 Å². The molecule has 0 bridgehead atoms. The fourth-order valence-electron chi connectivity index (χ4n) is 2.16. The lowest BCUT2D eigenvalue weighted by atomic mass is 10.2. The van der Waals surface area contributed by atoms with E-state index in [-0.39, 0.29) is 5.97 Å². The second-order valence-corrected chi connectivity index (χ2v) is 12.6. The largest absolute Gasteiger partial charge is 0.462 e. The minimum absolute atomic E-state index is 0.325. The summed E-state index contributed by atoms with van der Waals surface area (Å²) in [5.74, 6) is -0.367. The van der Waals surface area contributed by atoms with Crippen LogP contribution in [0.5, 0.6) is 0 Å². The molecule has 2 heterocycles. The van der Waals surface area contributed by atoms with Gasteiger partial charge in [0, 0.05) is 26.3 Å². The first-order valence-electron chi connectivity index (χ1n) is 7.72. The van der Waals surface area contributed by atoms with E-state index in [0.717, 1.165) is 6.04 Å². The minimum Gasteiger partial charge on any atom is -0.462 e. The van der Waals surface area contributed by atoms with Crippen molar-refractivity contribution in [2.45, 2.75) is 39.3 Å². The molecule has 126 valence electrons. The molecule has 0 fully saturated rings. The Hall–Kier alpha value is -1.37. The van der Waals surface area contributed by atoms with Gasteiger partial charge in [0.1, 0.15) is 17.5 Å². The average Bonchev–Trinajstić information content (AvgIpc) is 2.78. The van der Waals surface area contributed by atoms with Crippen molar-refractivity contribution in [1.82, 2.24) is 9.55 Å². The number of rotatable bonds is 7. The number of aromatic nitrogens is 2. The Morgan fingerprint density at radius 1 is 1.39 bits per heavy atom. The molecule has 5 nitrogen and oxygen atoms in total. The third kappa shape index (κ3) is 4.56. The molecule has 0 aliphatic heterocycles. The van der Waals surface area contributed by atoms with Crippen LogP contribution in [0.3, 0.4) is 0 Å². The zero-order valence-electron chi connectivity index (χ0n) is 14.1. The molecule has 0 radical (unpaired) electrons. The molecule has 2 aromatic heterocycles. The number of carbonyl (C=O) groups is 1. The summed E-state index contributed by atoms with van der Waals surface area (Å²) in [6.07, 6.45) is 1.59. The maximum Gasteiger partial charge on any atom is 0.338 e. The number of pyridine rings is 1. The van der Waals surface area contributed by atoms with Gasteiger partial charge in [-0.05, 0) is 25.1 Å². The van der Waals surface area contributed by atoms with E-state index < -0.39 is 8.07 Å². The van der Waals surface area contributed by atoms with Gasteiger partial charge in [0.05, 0.1) is 12.2 Å². The number of ether oxygens (including phenoxy) is 2. The maximum absolute atomic E-state index is 12.0. The second kappa shape index (κ2) is 7.46. The number of esters is 1. The van der Waals surface area contributed by atoms with Gasteiger partial charge in [-0.3, -0.25) is 4.57 Å². The first-order chi connectivity index (χ1) is 10.8. The first-order valence-corrected chi connectivity index (χ1v) is 11.8. The van der Waals surface area contributed by atoms with Crippen LogP contribution < -0.4 is 0 Å². The summed E-state index contributed by atoms with van der Waals surface area (Å²) in [6.45, 7) is 10.1. The van der Waals surface area contributed by atoms with Gasteiger partial charge in [-0.2, -0.15) is 0 Å². The monoisotopic (exact) mass is 354 g/mol. The number of halogens is 1. The molecule has 0 saturated carbocycles. The van der Waals surface area contributed by atoms with Gasteiger partial charge in [0.15, 0.2) is 0 Å². The van der Waals surface area contributed by atoms with Crippen LogP contribution in [-0.2, 0) is 16.2 Å². The lowest BCUT2D eigenvalue weighted by molar-refractivity contribution is 0.0528. The summed E-state index contributed by atoms with van der Waals surface area (Å²) in [5.41, 5.74) is 1.10. The SMILES string of the molecule is CCOC(=O)c1ccnc2c1cc(Cl)n2COCC[Si](C)(C)C. The number of nitrogens with zero attached hydrogens (tertiary/aromatic N) is 2. The highest BCUT2D eigenvalue weighted by molar-refractivity contribution is 6.76. The second-order valence-electron chi connectivity index (χ2n) is 6.56. The van der Waals surface area contributed by atoms with Gasteiger partial charge in [-0.25, -0.2) is 9.78 Å². The van der Waals surface area contributed by atoms with E-state index in [1.165, 1.54) is 0 Å². The molecule has 0 atom stereocenters. The molecule has 0 N–H and O–H groups in total. The van der Waals surface area contributed by atoms with Crippen molar-refractivity contribution in [2.24, 2.45) is 0 Å². The smallest absolute Gasteiger partial charge is 0.338 e. The molecule has 0 spiro atoms. The summed E-state index contributed by atoms with van der Waals surface area (Å²) in [7, 11) is -1.12. The predicted molar refractivity (Wildman–Crippen MR) is 94.8 cm³/mol. The fourth-order valence-corrected chi connectivity index (χ4v) is 3.16. The molecule has 7 heteroatoms. The number of hydrogen-bond donors (Lipinski definition) is 0. The van der Waals surface area contributed by atoms with Gasteiger partial charge in [-0.15, -0.1) is 0 Å². The van der Waals surface area contributed by atoms with Crippen molar-refractivity contribution in [3.05, 3.63) is 29.0 Å². The Morgan fingerprint density at radius 2 is 2.13 bits per heavy atom. The molecule has 0 aliphatic carbocycles. The topological polar surface area (TPSA) is 53.3 Å². The standard InChI is InChI=1S/C16H23ClN2O3Si/c1-5-22-16(20)12-6-7-18-15-13(12)10-14(17)19(15)11-21-8-9-23(2,3)4/h6-7,10H,5,8-9,11H2,1-4H3. The molecule has 0 saturated heterocycles. The lowest BCUT2D eigenvalue weighted by Gasteiger charge is -2.16. The molecule has 23 heavy (non-hydrogen) atoms. The lowest BCUT2D eigenvalue weighted by Crippen LogP contribution is -2.22. The highest BCUT2D eigenvalue weighted by Gasteiger charge is 2.17. The summed E-state index contributed by atoms with van der Waals surface area (Å²) in [6, 6.07) is 4.47. The van der Waals surface area contributed by atoms with Crippen LogP contribution in [0.15, 0.2) is 18.3 Å².